The van der Waals surface area contributed by atoms with E-state index >= 15 is 0 Å². The standard InChI is InChI=1S/C15H14N2O2S/c1-18-11-6-4-10(5-7-11)12-9-20-15(17-12)14(16)13-3-2-8-19-13/h2-9,14H,16H2,1H3. The van der Waals surface area contributed by atoms with Crippen molar-refractivity contribution in [1.29, 1.82) is 0 Å². The molecule has 2 N–H and O–H groups in total. The molecule has 3 rings (SSSR count). The maximum atomic E-state index is 6.13. The van der Waals surface area contributed by atoms with Crippen molar-refractivity contribution >= 4 is 11.3 Å². The molecule has 1 aromatic carbocycles. The Balaban J connectivity index is 1.86. The minimum absolute atomic E-state index is 0.318. The van der Waals surface area contributed by atoms with Crippen LogP contribution >= 0.6 is 11.3 Å². The first-order valence-corrected chi connectivity index (χ1v) is 7.04. The van der Waals surface area contributed by atoms with Crippen molar-refractivity contribution in [3.05, 3.63) is 58.8 Å². The summed E-state index contributed by atoms with van der Waals surface area (Å²) in [6.07, 6.45) is 1.62. The molecule has 0 fully saturated rings. The first-order chi connectivity index (χ1) is 9.78. The third-order valence-electron chi connectivity index (χ3n) is 3.02. The van der Waals surface area contributed by atoms with E-state index in [9.17, 15) is 0 Å². The number of aromatic nitrogens is 1. The van der Waals surface area contributed by atoms with Crippen LogP contribution in [-0.4, -0.2) is 12.1 Å². The van der Waals surface area contributed by atoms with Gasteiger partial charge in [-0.05, 0) is 36.4 Å². The van der Waals surface area contributed by atoms with Gasteiger partial charge in [0.05, 0.1) is 19.1 Å². The number of nitrogens with two attached hydrogens (primary N) is 1. The number of hydrogen-bond acceptors (Lipinski definition) is 5. The summed E-state index contributed by atoms with van der Waals surface area (Å²) in [7, 11) is 1.65. The van der Waals surface area contributed by atoms with E-state index in [0.29, 0.717) is 0 Å². The smallest absolute Gasteiger partial charge is 0.127 e. The molecule has 0 saturated carbocycles. The maximum absolute atomic E-state index is 6.13. The van der Waals surface area contributed by atoms with Crippen molar-refractivity contribution in [3.8, 4) is 17.0 Å². The van der Waals surface area contributed by atoms with Crippen LogP contribution in [-0.2, 0) is 0 Å². The summed E-state index contributed by atoms with van der Waals surface area (Å²) < 4.78 is 10.5. The van der Waals surface area contributed by atoms with Crippen LogP contribution in [0.15, 0.2) is 52.5 Å². The van der Waals surface area contributed by atoms with Gasteiger partial charge in [0.25, 0.3) is 0 Å². The number of rotatable bonds is 4. The Labute approximate surface area is 120 Å². The van der Waals surface area contributed by atoms with Crippen LogP contribution in [0.25, 0.3) is 11.3 Å². The van der Waals surface area contributed by atoms with E-state index in [-0.39, 0.29) is 6.04 Å². The number of furan rings is 1. The van der Waals surface area contributed by atoms with Crippen LogP contribution in [0.2, 0.25) is 0 Å². The van der Waals surface area contributed by atoms with E-state index in [0.717, 1.165) is 27.8 Å². The van der Waals surface area contributed by atoms with E-state index in [1.807, 2.05) is 41.8 Å². The van der Waals surface area contributed by atoms with Crippen LogP contribution in [0.5, 0.6) is 5.75 Å². The molecule has 2 aromatic heterocycles. The van der Waals surface area contributed by atoms with Gasteiger partial charge in [-0.1, -0.05) is 0 Å². The Morgan fingerprint density at radius 2 is 2.05 bits per heavy atom. The Hall–Kier alpha value is -2.11. The van der Waals surface area contributed by atoms with E-state index in [2.05, 4.69) is 4.98 Å². The lowest BCUT2D eigenvalue weighted by Crippen LogP contribution is -2.10. The highest BCUT2D eigenvalue weighted by atomic mass is 32.1. The molecule has 0 aliphatic heterocycles. The van der Waals surface area contributed by atoms with Gasteiger partial charge in [0, 0.05) is 10.9 Å². The highest BCUT2D eigenvalue weighted by molar-refractivity contribution is 7.10. The molecule has 2 heterocycles. The molecule has 0 aliphatic rings. The molecular formula is C15H14N2O2S. The van der Waals surface area contributed by atoms with Crippen molar-refractivity contribution in [2.75, 3.05) is 7.11 Å². The normalized spacial score (nSPS) is 12.3. The zero-order valence-corrected chi connectivity index (χ0v) is 11.8. The van der Waals surface area contributed by atoms with Gasteiger partial charge in [-0.15, -0.1) is 11.3 Å². The Kier molecular flexibility index (Phi) is 3.54. The molecule has 0 aliphatic carbocycles. The Bertz CT molecular complexity index is 674. The lowest BCUT2D eigenvalue weighted by atomic mass is 10.1. The third kappa shape index (κ3) is 2.45. The monoisotopic (exact) mass is 286 g/mol. The molecule has 1 atom stereocenters. The van der Waals surface area contributed by atoms with Gasteiger partial charge in [0.1, 0.15) is 22.6 Å². The van der Waals surface area contributed by atoms with Crippen molar-refractivity contribution in [2.24, 2.45) is 5.73 Å². The maximum Gasteiger partial charge on any atom is 0.127 e. The summed E-state index contributed by atoms with van der Waals surface area (Å²) in [4.78, 5) is 4.58. The summed E-state index contributed by atoms with van der Waals surface area (Å²) in [5, 5.41) is 2.84. The molecule has 0 radical (unpaired) electrons. The van der Waals surface area contributed by atoms with E-state index < -0.39 is 0 Å². The molecule has 102 valence electrons. The van der Waals surface area contributed by atoms with Crippen LogP contribution in [0.1, 0.15) is 16.8 Å². The fourth-order valence-electron chi connectivity index (χ4n) is 1.91. The molecule has 0 spiro atoms. The largest absolute Gasteiger partial charge is 0.497 e. The summed E-state index contributed by atoms with van der Waals surface area (Å²) in [5.41, 5.74) is 8.09. The van der Waals surface area contributed by atoms with Crippen molar-refractivity contribution in [2.45, 2.75) is 6.04 Å². The summed E-state index contributed by atoms with van der Waals surface area (Å²) >= 11 is 1.53. The minimum Gasteiger partial charge on any atom is -0.497 e. The highest BCUT2D eigenvalue weighted by Crippen LogP contribution is 2.28. The molecule has 0 bridgehead atoms. The SMILES string of the molecule is COc1ccc(-c2csc(C(N)c3ccco3)n2)cc1. The summed E-state index contributed by atoms with van der Waals surface area (Å²) in [5.74, 6) is 1.55. The molecular weight excluding hydrogens is 272 g/mol. The van der Waals surface area contributed by atoms with E-state index in [4.69, 9.17) is 14.9 Å². The first kappa shape index (κ1) is 12.9. The van der Waals surface area contributed by atoms with E-state index in [1.165, 1.54) is 11.3 Å². The second-order valence-corrected chi connectivity index (χ2v) is 5.18. The highest BCUT2D eigenvalue weighted by Gasteiger charge is 2.16. The zero-order valence-electron chi connectivity index (χ0n) is 10.9. The molecule has 4 nitrogen and oxygen atoms in total. The second-order valence-electron chi connectivity index (χ2n) is 4.29. The third-order valence-corrected chi connectivity index (χ3v) is 3.95. The topological polar surface area (TPSA) is 61.3 Å². The van der Waals surface area contributed by atoms with Gasteiger partial charge < -0.3 is 14.9 Å². The number of nitrogens with zero attached hydrogens (tertiary/aromatic N) is 1. The van der Waals surface area contributed by atoms with Crippen LogP contribution in [0.4, 0.5) is 0 Å². The molecule has 20 heavy (non-hydrogen) atoms. The fraction of sp³-hybridized carbons (Fsp3) is 0.133. The molecule has 0 saturated heterocycles. The predicted octanol–water partition coefficient (Wildman–Crippen LogP) is 3.46. The summed E-state index contributed by atoms with van der Waals surface area (Å²) in [6.45, 7) is 0. The Morgan fingerprint density at radius 3 is 2.70 bits per heavy atom. The van der Waals surface area contributed by atoms with Gasteiger partial charge in [-0.2, -0.15) is 0 Å². The van der Waals surface area contributed by atoms with E-state index in [1.54, 1.807) is 13.4 Å². The van der Waals surface area contributed by atoms with Gasteiger partial charge in [-0.3, -0.25) is 0 Å². The van der Waals surface area contributed by atoms with Crippen molar-refractivity contribution in [1.82, 2.24) is 4.98 Å². The average Bonchev–Trinajstić information content (AvgIpc) is 3.18. The molecule has 1 unspecified atom stereocenters. The molecule has 3 aromatic rings. The molecule has 5 heteroatoms. The zero-order chi connectivity index (χ0) is 13.9. The van der Waals surface area contributed by atoms with Crippen LogP contribution in [0, 0.1) is 0 Å². The minimum atomic E-state index is -0.318. The number of thiazole rings is 1. The number of benzene rings is 1. The van der Waals surface area contributed by atoms with Gasteiger partial charge in [-0.25, -0.2) is 4.98 Å². The van der Waals surface area contributed by atoms with Crippen LogP contribution < -0.4 is 10.5 Å². The quantitative estimate of drug-likeness (QED) is 0.798. The number of ether oxygens (including phenoxy) is 1. The second kappa shape index (κ2) is 5.48. The van der Waals surface area contributed by atoms with Crippen molar-refractivity contribution in [3.63, 3.8) is 0 Å². The fourth-order valence-corrected chi connectivity index (χ4v) is 2.75. The molecule has 0 amide bonds. The van der Waals surface area contributed by atoms with Crippen molar-refractivity contribution < 1.29 is 9.15 Å². The average molecular weight is 286 g/mol. The Morgan fingerprint density at radius 1 is 1.25 bits per heavy atom. The lowest BCUT2D eigenvalue weighted by Gasteiger charge is -2.04. The number of methoxy groups -OCH3 is 1. The van der Waals surface area contributed by atoms with Crippen LogP contribution in [0.3, 0.4) is 0 Å². The predicted molar refractivity (Wildman–Crippen MR) is 78.8 cm³/mol. The van der Waals surface area contributed by atoms with Gasteiger partial charge >= 0.3 is 0 Å². The summed E-state index contributed by atoms with van der Waals surface area (Å²) in [6, 6.07) is 11.2. The number of hydrogen-bond donors (Lipinski definition) is 1. The van der Waals surface area contributed by atoms with Gasteiger partial charge in [0.2, 0.25) is 0 Å². The first-order valence-electron chi connectivity index (χ1n) is 6.17. The lowest BCUT2D eigenvalue weighted by molar-refractivity contribution is 0.415. The van der Waals surface area contributed by atoms with Gasteiger partial charge in [0.15, 0.2) is 0 Å².